The summed E-state index contributed by atoms with van der Waals surface area (Å²) in [5.41, 5.74) is 4.14. The molecule has 1 saturated heterocycles. The third kappa shape index (κ3) is 4.50. The number of anilines is 1. The Hall–Kier alpha value is -3.26. The second kappa shape index (κ2) is 8.70. The van der Waals surface area contributed by atoms with Crippen LogP contribution >= 0.6 is 0 Å². The van der Waals surface area contributed by atoms with Gasteiger partial charge in [0, 0.05) is 48.4 Å². The third-order valence-corrected chi connectivity index (χ3v) is 5.87. The molecule has 1 aliphatic carbocycles. The number of amides is 1. The van der Waals surface area contributed by atoms with E-state index >= 15 is 0 Å². The number of nitrogens with zero attached hydrogens (tertiary/aromatic N) is 3. The number of benzene rings is 1. The van der Waals surface area contributed by atoms with E-state index in [1.54, 1.807) is 36.3 Å². The standard InChI is InChI=1S/C24H26FN5O2/c1-15-7-22(25)21(24(31)29-18-4-5-18)9-23(15)30-13-17(11-27-30)16-8-20(12-26-10-16)28-19-3-2-6-32-14-19/h7-13,18-19,28H,2-6,14H2,1H3,(H,29,31)/t19-/m1/s1. The normalized spacial score (nSPS) is 18.4. The molecule has 166 valence electrons. The first-order chi connectivity index (χ1) is 15.6. The number of hydrogen-bond acceptors (Lipinski definition) is 5. The first kappa shape index (κ1) is 20.6. The molecule has 3 heterocycles. The Morgan fingerprint density at radius 2 is 2.00 bits per heavy atom. The highest BCUT2D eigenvalue weighted by molar-refractivity contribution is 5.95. The molecule has 1 aliphatic heterocycles. The van der Waals surface area contributed by atoms with E-state index in [4.69, 9.17) is 4.74 Å². The van der Waals surface area contributed by atoms with Crippen LogP contribution in [-0.4, -0.2) is 46.0 Å². The number of aryl methyl sites for hydroxylation is 1. The van der Waals surface area contributed by atoms with E-state index in [-0.39, 0.29) is 23.6 Å². The van der Waals surface area contributed by atoms with Gasteiger partial charge in [-0.15, -0.1) is 0 Å². The molecule has 2 N–H and O–H groups in total. The van der Waals surface area contributed by atoms with Gasteiger partial charge < -0.3 is 15.4 Å². The minimum absolute atomic E-state index is 0.0390. The summed E-state index contributed by atoms with van der Waals surface area (Å²) in [5.74, 6) is -0.903. The van der Waals surface area contributed by atoms with Crippen LogP contribution in [0.1, 0.15) is 41.6 Å². The van der Waals surface area contributed by atoms with E-state index in [1.165, 1.54) is 6.07 Å². The van der Waals surface area contributed by atoms with Crippen LogP contribution < -0.4 is 10.6 Å². The fourth-order valence-electron chi connectivity index (χ4n) is 3.94. The summed E-state index contributed by atoms with van der Waals surface area (Å²) >= 11 is 0. The molecule has 1 aromatic carbocycles. The number of halogens is 1. The molecule has 2 aliphatic rings. The molecule has 5 rings (SSSR count). The van der Waals surface area contributed by atoms with Crippen molar-refractivity contribution in [3.8, 4) is 16.8 Å². The number of rotatable bonds is 6. The second-order valence-electron chi connectivity index (χ2n) is 8.56. The first-order valence-electron chi connectivity index (χ1n) is 11.0. The van der Waals surface area contributed by atoms with Crippen molar-refractivity contribution in [1.29, 1.82) is 0 Å². The maximum absolute atomic E-state index is 14.5. The van der Waals surface area contributed by atoms with Crippen LogP contribution in [0.2, 0.25) is 0 Å². The second-order valence-corrected chi connectivity index (χ2v) is 8.56. The molecule has 8 heteroatoms. The van der Waals surface area contributed by atoms with Crippen molar-refractivity contribution in [1.82, 2.24) is 20.1 Å². The van der Waals surface area contributed by atoms with Gasteiger partial charge >= 0.3 is 0 Å². The van der Waals surface area contributed by atoms with Crippen molar-refractivity contribution >= 4 is 11.6 Å². The zero-order chi connectivity index (χ0) is 22.1. The largest absolute Gasteiger partial charge is 0.379 e. The smallest absolute Gasteiger partial charge is 0.254 e. The van der Waals surface area contributed by atoms with E-state index in [1.807, 2.05) is 12.3 Å². The molecule has 0 unspecified atom stereocenters. The topological polar surface area (TPSA) is 81.1 Å². The van der Waals surface area contributed by atoms with Crippen molar-refractivity contribution in [2.75, 3.05) is 18.5 Å². The highest BCUT2D eigenvalue weighted by Gasteiger charge is 2.25. The molecule has 32 heavy (non-hydrogen) atoms. The van der Waals surface area contributed by atoms with Crippen LogP contribution in [0.5, 0.6) is 0 Å². The van der Waals surface area contributed by atoms with Crippen LogP contribution in [0.3, 0.4) is 0 Å². The Kier molecular flexibility index (Phi) is 5.61. The van der Waals surface area contributed by atoms with Crippen LogP contribution in [0.15, 0.2) is 43.0 Å². The van der Waals surface area contributed by atoms with Gasteiger partial charge in [0.1, 0.15) is 5.82 Å². The zero-order valence-electron chi connectivity index (χ0n) is 18.0. The number of carbonyl (C=O) groups is 1. The van der Waals surface area contributed by atoms with Crippen molar-refractivity contribution in [3.63, 3.8) is 0 Å². The fourth-order valence-corrected chi connectivity index (χ4v) is 3.94. The predicted octanol–water partition coefficient (Wildman–Crippen LogP) is 3.86. The van der Waals surface area contributed by atoms with Crippen LogP contribution in [-0.2, 0) is 4.74 Å². The van der Waals surface area contributed by atoms with Crippen molar-refractivity contribution < 1.29 is 13.9 Å². The maximum Gasteiger partial charge on any atom is 0.254 e. The van der Waals surface area contributed by atoms with Crippen LogP contribution in [0.4, 0.5) is 10.1 Å². The maximum atomic E-state index is 14.5. The van der Waals surface area contributed by atoms with Crippen LogP contribution in [0.25, 0.3) is 16.8 Å². The minimum atomic E-state index is -0.522. The predicted molar refractivity (Wildman–Crippen MR) is 119 cm³/mol. The van der Waals surface area contributed by atoms with Gasteiger partial charge in [0.15, 0.2) is 0 Å². The van der Waals surface area contributed by atoms with E-state index in [9.17, 15) is 9.18 Å². The summed E-state index contributed by atoms with van der Waals surface area (Å²) < 4.78 is 21.7. The Morgan fingerprint density at radius 3 is 2.78 bits per heavy atom. The van der Waals surface area contributed by atoms with E-state index < -0.39 is 5.82 Å². The lowest BCUT2D eigenvalue weighted by Crippen LogP contribution is -2.29. The average molecular weight is 436 g/mol. The quantitative estimate of drug-likeness (QED) is 0.615. The Morgan fingerprint density at radius 1 is 1.12 bits per heavy atom. The lowest BCUT2D eigenvalue weighted by atomic mass is 10.1. The van der Waals surface area contributed by atoms with Gasteiger partial charge in [0.25, 0.3) is 5.91 Å². The minimum Gasteiger partial charge on any atom is -0.379 e. The molecule has 1 amide bonds. The molecule has 3 aromatic rings. The summed E-state index contributed by atoms with van der Waals surface area (Å²) in [5, 5.41) is 10.8. The summed E-state index contributed by atoms with van der Waals surface area (Å²) in [6, 6.07) is 5.44. The van der Waals surface area contributed by atoms with Gasteiger partial charge in [-0.05, 0) is 56.4 Å². The molecule has 0 radical (unpaired) electrons. The third-order valence-electron chi connectivity index (χ3n) is 5.87. The Bertz CT molecular complexity index is 1140. The molecular weight excluding hydrogens is 409 g/mol. The molecule has 1 atom stereocenters. The monoisotopic (exact) mass is 435 g/mol. The number of ether oxygens (including phenoxy) is 1. The fraction of sp³-hybridized carbons (Fsp3) is 0.375. The van der Waals surface area contributed by atoms with Gasteiger partial charge in [0.05, 0.1) is 29.7 Å². The lowest BCUT2D eigenvalue weighted by Gasteiger charge is -2.24. The highest BCUT2D eigenvalue weighted by atomic mass is 19.1. The lowest BCUT2D eigenvalue weighted by molar-refractivity contribution is 0.0876. The van der Waals surface area contributed by atoms with E-state index in [0.29, 0.717) is 17.9 Å². The number of pyridine rings is 1. The van der Waals surface area contributed by atoms with Crippen molar-refractivity contribution in [3.05, 3.63) is 59.9 Å². The molecule has 0 bridgehead atoms. The molecule has 7 nitrogen and oxygen atoms in total. The number of nitrogens with one attached hydrogen (secondary N) is 2. The van der Waals surface area contributed by atoms with Gasteiger partial charge in [0.2, 0.25) is 0 Å². The van der Waals surface area contributed by atoms with Gasteiger partial charge in [-0.3, -0.25) is 9.78 Å². The van der Waals surface area contributed by atoms with Gasteiger partial charge in [-0.2, -0.15) is 5.10 Å². The summed E-state index contributed by atoms with van der Waals surface area (Å²) in [4.78, 5) is 16.8. The van der Waals surface area contributed by atoms with E-state index in [2.05, 4.69) is 20.7 Å². The Labute approximate surface area is 186 Å². The summed E-state index contributed by atoms with van der Waals surface area (Å²) in [6.45, 7) is 3.33. The Balaban J connectivity index is 1.39. The first-order valence-corrected chi connectivity index (χ1v) is 11.0. The average Bonchev–Trinajstić information content (AvgIpc) is 3.46. The summed E-state index contributed by atoms with van der Waals surface area (Å²) in [7, 11) is 0. The van der Waals surface area contributed by atoms with Crippen molar-refractivity contribution in [2.24, 2.45) is 0 Å². The van der Waals surface area contributed by atoms with Crippen LogP contribution in [0, 0.1) is 12.7 Å². The number of aromatic nitrogens is 3. The molecule has 0 spiro atoms. The molecule has 2 fully saturated rings. The van der Waals surface area contributed by atoms with E-state index in [0.717, 1.165) is 49.1 Å². The summed E-state index contributed by atoms with van der Waals surface area (Å²) in [6.07, 6.45) is 11.2. The van der Waals surface area contributed by atoms with Crippen molar-refractivity contribution in [2.45, 2.75) is 44.7 Å². The number of hydrogen-bond donors (Lipinski definition) is 2. The molecule has 2 aromatic heterocycles. The SMILES string of the molecule is Cc1cc(F)c(C(=O)NC2CC2)cc1-n1cc(-c2cncc(N[C@@H]3CCCOC3)c2)cn1. The zero-order valence-corrected chi connectivity index (χ0v) is 18.0. The van der Waals surface area contributed by atoms with Gasteiger partial charge in [-0.1, -0.05) is 0 Å². The molecule has 1 saturated carbocycles. The highest BCUT2D eigenvalue weighted by Crippen LogP contribution is 2.26. The van der Waals surface area contributed by atoms with Gasteiger partial charge in [-0.25, -0.2) is 9.07 Å². The number of carbonyl (C=O) groups excluding carboxylic acids is 1. The molecular formula is C24H26FN5O2.